The number of amides is 1. The van der Waals surface area contributed by atoms with Crippen molar-refractivity contribution in [2.24, 2.45) is 0 Å². The minimum Gasteiger partial charge on any atom is -0.349 e. The van der Waals surface area contributed by atoms with Crippen molar-refractivity contribution in [3.05, 3.63) is 44.6 Å². The van der Waals surface area contributed by atoms with Crippen molar-refractivity contribution in [3.8, 4) is 17.1 Å². The molecule has 0 bridgehead atoms. The van der Waals surface area contributed by atoms with Crippen molar-refractivity contribution in [1.29, 1.82) is 10.5 Å². The van der Waals surface area contributed by atoms with Crippen LogP contribution in [0.3, 0.4) is 0 Å². The summed E-state index contributed by atoms with van der Waals surface area (Å²) in [6, 6.07) is 6.68. The summed E-state index contributed by atoms with van der Waals surface area (Å²) in [5.74, 6) is -0.293. The Hall–Kier alpha value is -2.83. The van der Waals surface area contributed by atoms with E-state index >= 15 is 0 Å². The second kappa shape index (κ2) is 8.50. The molecule has 2 aromatic rings. The Labute approximate surface area is 181 Å². The molecule has 154 valence electrons. The van der Waals surface area contributed by atoms with E-state index in [4.69, 9.17) is 0 Å². The predicted molar refractivity (Wildman–Crippen MR) is 118 cm³/mol. The van der Waals surface area contributed by atoms with Crippen LogP contribution in [0.1, 0.15) is 71.5 Å². The standard InChI is InChI=1S/C24H26N4OS/c1-15-11-17(12-18(13-25)23(29)27-19-7-3-4-8-19)16(2)28(15)24-21(14-26)20-9-5-6-10-22(20)30-24/h11-12,19H,3-10H2,1-2H3,(H,27,29)/b18-12-. The summed E-state index contributed by atoms with van der Waals surface area (Å²) < 4.78 is 2.11. The summed E-state index contributed by atoms with van der Waals surface area (Å²) in [5, 5.41) is 23.4. The van der Waals surface area contributed by atoms with Crippen LogP contribution in [0.4, 0.5) is 0 Å². The maximum Gasteiger partial charge on any atom is 0.262 e. The van der Waals surface area contributed by atoms with Gasteiger partial charge in [-0.15, -0.1) is 11.3 Å². The molecular formula is C24H26N4OS. The van der Waals surface area contributed by atoms with Gasteiger partial charge in [-0.1, -0.05) is 12.8 Å². The van der Waals surface area contributed by atoms with Crippen LogP contribution in [0.15, 0.2) is 11.6 Å². The van der Waals surface area contributed by atoms with Gasteiger partial charge in [0.05, 0.1) is 5.56 Å². The lowest BCUT2D eigenvalue weighted by atomic mass is 9.96. The Kier molecular flexibility index (Phi) is 5.79. The van der Waals surface area contributed by atoms with Gasteiger partial charge >= 0.3 is 0 Å². The zero-order chi connectivity index (χ0) is 21.3. The van der Waals surface area contributed by atoms with Crippen LogP contribution in [0.2, 0.25) is 0 Å². The Balaban J connectivity index is 1.70. The second-order valence-electron chi connectivity index (χ2n) is 8.29. The van der Waals surface area contributed by atoms with Crippen LogP contribution in [0.5, 0.6) is 0 Å². The predicted octanol–water partition coefficient (Wildman–Crippen LogP) is 4.87. The minimum absolute atomic E-state index is 0.133. The fraction of sp³-hybridized carbons (Fsp3) is 0.458. The molecule has 0 unspecified atom stereocenters. The van der Waals surface area contributed by atoms with Crippen molar-refractivity contribution in [2.45, 2.75) is 71.3 Å². The summed E-state index contributed by atoms with van der Waals surface area (Å²) in [7, 11) is 0. The average molecular weight is 419 g/mol. The number of hydrogen-bond donors (Lipinski definition) is 1. The molecule has 30 heavy (non-hydrogen) atoms. The average Bonchev–Trinajstić information content (AvgIpc) is 3.43. The van der Waals surface area contributed by atoms with Crippen molar-refractivity contribution in [2.75, 3.05) is 0 Å². The number of thiophene rings is 1. The molecule has 0 atom stereocenters. The lowest BCUT2D eigenvalue weighted by Crippen LogP contribution is -2.33. The fourth-order valence-corrected chi connectivity index (χ4v) is 6.16. The second-order valence-corrected chi connectivity index (χ2v) is 9.37. The molecule has 0 saturated heterocycles. The number of carbonyl (C=O) groups is 1. The third-order valence-electron chi connectivity index (χ3n) is 6.29. The van der Waals surface area contributed by atoms with Gasteiger partial charge < -0.3 is 9.88 Å². The molecule has 0 aromatic carbocycles. The quantitative estimate of drug-likeness (QED) is 0.568. The third-order valence-corrected chi connectivity index (χ3v) is 7.57. The molecule has 2 aliphatic carbocycles. The molecule has 0 aliphatic heterocycles. The van der Waals surface area contributed by atoms with Gasteiger partial charge in [0.2, 0.25) is 0 Å². The number of rotatable bonds is 4. The molecule has 5 nitrogen and oxygen atoms in total. The normalized spacial score (nSPS) is 16.7. The Morgan fingerprint density at radius 2 is 1.93 bits per heavy atom. The zero-order valence-electron chi connectivity index (χ0n) is 17.5. The number of hydrogen-bond acceptors (Lipinski definition) is 4. The molecule has 2 aromatic heterocycles. The summed E-state index contributed by atoms with van der Waals surface area (Å²) in [4.78, 5) is 13.9. The van der Waals surface area contributed by atoms with E-state index in [1.54, 1.807) is 17.4 Å². The molecular weight excluding hydrogens is 392 g/mol. The van der Waals surface area contributed by atoms with E-state index < -0.39 is 0 Å². The monoisotopic (exact) mass is 418 g/mol. The minimum atomic E-state index is -0.293. The van der Waals surface area contributed by atoms with E-state index in [2.05, 4.69) is 22.0 Å². The Morgan fingerprint density at radius 3 is 2.63 bits per heavy atom. The topological polar surface area (TPSA) is 81.6 Å². The summed E-state index contributed by atoms with van der Waals surface area (Å²) >= 11 is 1.71. The highest BCUT2D eigenvalue weighted by Gasteiger charge is 2.24. The molecule has 1 N–H and O–H groups in total. The molecule has 2 aliphatic rings. The van der Waals surface area contributed by atoms with Gasteiger partial charge in [0, 0.05) is 22.3 Å². The van der Waals surface area contributed by atoms with Gasteiger partial charge in [0.25, 0.3) is 5.91 Å². The Bertz CT molecular complexity index is 1100. The molecule has 1 amide bonds. The van der Waals surface area contributed by atoms with E-state index in [-0.39, 0.29) is 17.5 Å². The van der Waals surface area contributed by atoms with E-state index in [1.165, 1.54) is 16.9 Å². The van der Waals surface area contributed by atoms with Crippen LogP contribution >= 0.6 is 11.3 Å². The van der Waals surface area contributed by atoms with Crippen LogP contribution in [0.25, 0.3) is 11.1 Å². The molecule has 2 heterocycles. The maximum absolute atomic E-state index is 12.6. The SMILES string of the molecule is Cc1cc(/C=C(/C#N)C(=O)NC2CCCC2)c(C)n1-c1sc2c(c1C#N)CCCC2. The molecule has 1 saturated carbocycles. The molecule has 4 rings (SSSR count). The van der Waals surface area contributed by atoms with Crippen molar-refractivity contribution in [1.82, 2.24) is 9.88 Å². The van der Waals surface area contributed by atoms with Gasteiger partial charge in [0.1, 0.15) is 22.7 Å². The largest absolute Gasteiger partial charge is 0.349 e. The van der Waals surface area contributed by atoms with Gasteiger partial charge in [-0.2, -0.15) is 10.5 Å². The maximum atomic E-state index is 12.6. The number of carbonyl (C=O) groups excluding carboxylic acids is 1. The van der Waals surface area contributed by atoms with Gasteiger partial charge in [-0.3, -0.25) is 4.79 Å². The third kappa shape index (κ3) is 3.68. The first-order valence-corrected chi connectivity index (χ1v) is 11.5. The highest BCUT2D eigenvalue weighted by Crippen LogP contribution is 2.38. The van der Waals surface area contributed by atoms with E-state index in [1.807, 2.05) is 19.9 Å². The number of fused-ring (bicyclic) bond motifs is 1. The van der Waals surface area contributed by atoms with E-state index in [9.17, 15) is 15.3 Å². The lowest BCUT2D eigenvalue weighted by molar-refractivity contribution is -0.117. The number of nitriles is 2. The van der Waals surface area contributed by atoms with E-state index in [0.29, 0.717) is 0 Å². The van der Waals surface area contributed by atoms with Crippen LogP contribution in [0, 0.1) is 36.5 Å². The van der Waals surface area contributed by atoms with Gasteiger partial charge in [-0.25, -0.2) is 0 Å². The highest BCUT2D eigenvalue weighted by molar-refractivity contribution is 7.15. The summed E-state index contributed by atoms with van der Waals surface area (Å²) in [6.07, 6.45) is 10.2. The lowest BCUT2D eigenvalue weighted by Gasteiger charge is -2.11. The van der Waals surface area contributed by atoms with Crippen LogP contribution in [-0.4, -0.2) is 16.5 Å². The highest BCUT2D eigenvalue weighted by atomic mass is 32.1. The van der Waals surface area contributed by atoms with Crippen molar-refractivity contribution < 1.29 is 4.79 Å². The van der Waals surface area contributed by atoms with Crippen molar-refractivity contribution in [3.63, 3.8) is 0 Å². The molecule has 0 spiro atoms. The number of aryl methyl sites for hydroxylation is 2. The first-order valence-electron chi connectivity index (χ1n) is 10.7. The smallest absolute Gasteiger partial charge is 0.262 e. The first kappa shape index (κ1) is 20.4. The number of nitrogens with zero attached hydrogens (tertiary/aromatic N) is 3. The van der Waals surface area contributed by atoms with Crippen LogP contribution in [-0.2, 0) is 17.6 Å². The summed E-state index contributed by atoms with van der Waals surface area (Å²) in [5.41, 5.74) is 4.92. The van der Waals surface area contributed by atoms with Crippen LogP contribution < -0.4 is 5.32 Å². The van der Waals surface area contributed by atoms with Crippen molar-refractivity contribution >= 4 is 23.3 Å². The van der Waals surface area contributed by atoms with E-state index in [0.717, 1.165) is 72.5 Å². The molecule has 0 radical (unpaired) electrons. The summed E-state index contributed by atoms with van der Waals surface area (Å²) in [6.45, 7) is 4.00. The van der Waals surface area contributed by atoms with Gasteiger partial charge in [0.15, 0.2) is 0 Å². The Morgan fingerprint density at radius 1 is 1.20 bits per heavy atom. The fourth-order valence-electron chi connectivity index (χ4n) is 4.71. The first-order chi connectivity index (χ1) is 14.5. The number of aromatic nitrogens is 1. The molecule has 1 fully saturated rings. The zero-order valence-corrected chi connectivity index (χ0v) is 18.4. The van der Waals surface area contributed by atoms with Gasteiger partial charge in [-0.05, 0) is 75.6 Å². The number of nitrogens with one attached hydrogen (secondary N) is 1. The molecule has 6 heteroatoms.